The lowest BCUT2D eigenvalue weighted by Gasteiger charge is -2.19. The minimum atomic E-state index is -3.69. The van der Waals surface area contributed by atoms with E-state index in [1.807, 2.05) is 0 Å². The number of carbonyl (C=O) groups excluding carboxylic acids is 1. The number of methoxy groups -OCH3 is 2. The number of hydrazone groups is 1. The Kier molecular flexibility index (Phi) is 7.11. The van der Waals surface area contributed by atoms with Crippen molar-refractivity contribution in [1.82, 2.24) is 5.43 Å². The molecule has 166 valence electrons. The van der Waals surface area contributed by atoms with Crippen LogP contribution in [0.1, 0.15) is 15.9 Å². The maximum Gasteiger partial charge on any atom is 0.271 e. The largest absolute Gasteiger partial charge is 0.497 e. The van der Waals surface area contributed by atoms with E-state index >= 15 is 0 Å². The predicted molar refractivity (Wildman–Crippen MR) is 123 cm³/mol. The van der Waals surface area contributed by atoms with Gasteiger partial charge >= 0.3 is 0 Å². The summed E-state index contributed by atoms with van der Waals surface area (Å²) in [6.45, 7) is 0. The molecule has 1 N–H and O–H groups in total. The van der Waals surface area contributed by atoms with Crippen molar-refractivity contribution in [2.45, 2.75) is 4.90 Å². The van der Waals surface area contributed by atoms with E-state index < -0.39 is 15.9 Å². The molecule has 0 bridgehead atoms. The van der Waals surface area contributed by atoms with Crippen LogP contribution in [0.5, 0.6) is 11.5 Å². The SMILES string of the molecule is COc1ccc(/C=N\NC(=O)c2ccc(N(C)S(=O)(=O)c3ccccc3)cc2)c(OC)c1. The van der Waals surface area contributed by atoms with Crippen molar-refractivity contribution in [3.05, 3.63) is 83.9 Å². The number of anilines is 1. The number of nitrogens with zero attached hydrogens (tertiary/aromatic N) is 2. The van der Waals surface area contributed by atoms with Crippen LogP contribution in [-0.4, -0.2) is 41.8 Å². The fourth-order valence-corrected chi connectivity index (χ4v) is 4.08. The zero-order valence-electron chi connectivity index (χ0n) is 17.8. The molecule has 9 heteroatoms. The van der Waals surface area contributed by atoms with Crippen LogP contribution in [0.25, 0.3) is 0 Å². The normalized spacial score (nSPS) is 11.2. The van der Waals surface area contributed by atoms with Crippen LogP contribution in [0.3, 0.4) is 0 Å². The summed E-state index contributed by atoms with van der Waals surface area (Å²) in [5.41, 5.74) is 3.87. The summed E-state index contributed by atoms with van der Waals surface area (Å²) in [4.78, 5) is 12.6. The molecule has 1 amide bonds. The van der Waals surface area contributed by atoms with Gasteiger partial charge in [-0.15, -0.1) is 0 Å². The van der Waals surface area contributed by atoms with Gasteiger partial charge in [0.1, 0.15) is 11.5 Å². The Morgan fingerprint density at radius 1 is 0.969 bits per heavy atom. The highest BCUT2D eigenvalue weighted by Crippen LogP contribution is 2.24. The first-order valence-electron chi connectivity index (χ1n) is 9.56. The van der Waals surface area contributed by atoms with Gasteiger partial charge in [0, 0.05) is 24.2 Å². The van der Waals surface area contributed by atoms with Gasteiger partial charge in [0.05, 0.1) is 31.0 Å². The summed E-state index contributed by atoms with van der Waals surface area (Å²) in [5, 5.41) is 3.97. The van der Waals surface area contributed by atoms with Gasteiger partial charge < -0.3 is 9.47 Å². The van der Waals surface area contributed by atoms with Crippen LogP contribution in [0.2, 0.25) is 0 Å². The molecule has 0 aromatic heterocycles. The maximum atomic E-state index is 12.7. The second kappa shape index (κ2) is 9.97. The summed E-state index contributed by atoms with van der Waals surface area (Å²) in [6, 6.07) is 19.5. The van der Waals surface area contributed by atoms with E-state index in [1.54, 1.807) is 55.6 Å². The van der Waals surface area contributed by atoms with Crippen molar-refractivity contribution in [2.24, 2.45) is 5.10 Å². The van der Waals surface area contributed by atoms with E-state index in [1.165, 1.54) is 44.6 Å². The number of amides is 1. The van der Waals surface area contributed by atoms with E-state index in [4.69, 9.17) is 9.47 Å². The van der Waals surface area contributed by atoms with E-state index in [0.29, 0.717) is 28.3 Å². The molecular weight excluding hydrogens is 430 g/mol. The average Bonchev–Trinajstić information content (AvgIpc) is 2.84. The number of carbonyl (C=O) groups is 1. The summed E-state index contributed by atoms with van der Waals surface area (Å²) in [6.07, 6.45) is 1.46. The molecule has 0 aliphatic heterocycles. The number of ether oxygens (including phenoxy) is 2. The van der Waals surface area contributed by atoms with Crippen LogP contribution >= 0.6 is 0 Å². The maximum absolute atomic E-state index is 12.7. The monoisotopic (exact) mass is 453 g/mol. The third-order valence-corrected chi connectivity index (χ3v) is 6.50. The van der Waals surface area contributed by atoms with Gasteiger partial charge in [0.25, 0.3) is 15.9 Å². The molecule has 0 atom stereocenters. The molecule has 0 aliphatic carbocycles. The van der Waals surface area contributed by atoms with Crippen molar-refractivity contribution in [2.75, 3.05) is 25.6 Å². The fraction of sp³-hybridized carbons (Fsp3) is 0.130. The third-order valence-electron chi connectivity index (χ3n) is 4.71. The second-order valence-electron chi connectivity index (χ2n) is 6.64. The first-order valence-corrected chi connectivity index (χ1v) is 11.0. The van der Waals surface area contributed by atoms with Gasteiger partial charge in [-0.3, -0.25) is 9.10 Å². The summed E-state index contributed by atoms with van der Waals surface area (Å²) in [5.74, 6) is 0.755. The molecule has 3 aromatic carbocycles. The van der Waals surface area contributed by atoms with Crippen LogP contribution in [0.15, 0.2) is 82.8 Å². The zero-order valence-corrected chi connectivity index (χ0v) is 18.7. The standard InChI is InChI=1S/C23H23N3O5S/c1-26(32(28,29)21-7-5-4-6-8-21)19-12-9-17(10-13-19)23(27)25-24-16-18-11-14-20(30-2)15-22(18)31-3/h4-16H,1-3H3,(H,25,27)/b24-16-. The molecule has 32 heavy (non-hydrogen) atoms. The Morgan fingerprint density at radius 2 is 1.66 bits per heavy atom. The molecule has 0 unspecified atom stereocenters. The van der Waals surface area contributed by atoms with Gasteiger partial charge in [-0.1, -0.05) is 18.2 Å². The Labute approximate surface area is 187 Å². The topological polar surface area (TPSA) is 97.3 Å². The Bertz CT molecular complexity index is 1210. The third kappa shape index (κ3) is 5.06. The number of benzene rings is 3. The highest BCUT2D eigenvalue weighted by molar-refractivity contribution is 7.92. The minimum Gasteiger partial charge on any atom is -0.497 e. The van der Waals surface area contributed by atoms with Crippen molar-refractivity contribution >= 4 is 27.8 Å². The summed E-state index contributed by atoms with van der Waals surface area (Å²) >= 11 is 0. The van der Waals surface area contributed by atoms with E-state index in [-0.39, 0.29) is 4.90 Å². The van der Waals surface area contributed by atoms with E-state index in [9.17, 15) is 13.2 Å². The van der Waals surface area contributed by atoms with Gasteiger partial charge in [-0.2, -0.15) is 5.10 Å². The van der Waals surface area contributed by atoms with Crippen LogP contribution in [0.4, 0.5) is 5.69 Å². The van der Waals surface area contributed by atoms with Gasteiger partial charge in [0.15, 0.2) is 0 Å². The molecule has 0 aliphatic rings. The highest BCUT2D eigenvalue weighted by Gasteiger charge is 2.21. The van der Waals surface area contributed by atoms with Crippen LogP contribution in [0, 0.1) is 0 Å². The number of sulfonamides is 1. The number of hydrogen-bond donors (Lipinski definition) is 1. The fourth-order valence-electron chi connectivity index (χ4n) is 2.86. The van der Waals surface area contributed by atoms with Crippen molar-refractivity contribution < 1.29 is 22.7 Å². The molecule has 0 saturated heterocycles. The Morgan fingerprint density at radius 3 is 2.28 bits per heavy atom. The van der Waals surface area contributed by atoms with Crippen molar-refractivity contribution in [3.8, 4) is 11.5 Å². The molecular formula is C23H23N3O5S. The highest BCUT2D eigenvalue weighted by atomic mass is 32.2. The van der Waals surface area contributed by atoms with Crippen molar-refractivity contribution in [1.29, 1.82) is 0 Å². The molecule has 3 aromatic rings. The Balaban J connectivity index is 1.68. The van der Waals surface area contributed by atoms with Crippen LogP contribution < -0.4 is 19.2 Å². The smallest absolute Gasteiger partial charge is 0.271 e. The molecule has 0 saturated carbocycles. The molecule has 0 spiro atoms. The van der Waals surface area contributed by atoms with Gasteiger partial charge in [-0.05, 0) is 48.5 Å². The predicted octanol–water partition coefficient (Wildman–Crippen LogP) is 3.29. The molecule has 3 rings (SSSR count). The number of nitrogens with one attached hydrogen (secondary N) is 1. The molecule has 0 heterocycles. The molecule has 8 nitrogen and oxygen atoms in total. The zero-order chi connectivity index (χ0) is 23.1. The lowest BCUT2D eigenvalue weighted by atomic mass is 10.2. The molecule has 0 radical (unpaired) electrons. The lowest BCUT2D eigenvalue weighted by molar-refractivity contribution is 0.0955. The Hall–Kier alpha value is -3.85. The quantitative estimate of drug-likeness (QED) is 0.417. The van der Waals surface area contributed by atoms with Crippen LogP contribution in [-0.2, 0) is 10.0 Å². The number of rotatable bonds is 8. The molecule has 0 fully saturated rings. The van der Waals surface area contributed by atoms with Crippen molar-refractivity contribution in [3.63, 3.8) is 0 Å². The van der Waals surface area contributed by atoms with Gasteiger partial charge in [0.2, 0.25) is 0 Å². The van der Waals surface area contributed by atoms with E-state index in [2.05, 4.69) is 10.5 Å². The lowest BCUT2D eigenvalue weighted by Crippen LogP contribution is -2.26. The minimum absolute atomic E-state index is 0.188. The van der Waals surface area contributed by atoms with E-state index in [0.717, 1.165) is 4.31 Å². The summed E-state index contributed by atoms with van der Waals surface area (Å²) < 4.78 is 37.1. The van der Waals surface area contributed by atoms with Gasteiger partial charge in [-0.25, -0.2) is 13.8 Å². The summed E-state index contributed by atoms with van der Waals surface area (Å²) in [7, 11) is 0.856. The second-order valence-corrected chi connectivity index (χ2v) is 8.61. The first kappa shape index (κ1) is 22.8. The average molecular weight is 454 g/mol. The number of hydrogen-bond acceptors (Lipinski definition) is 6. The first-order chi connectivity index (χ1) is 15.4.